The number of nitro groups is 1. The number of nitrogens with zero attached hydrogens (tertiary/aromatic N) is 3. The number of nitrogens with one attached hydrogen (secondary N) is 1. The Balaban J connectivity index is 1.56. The first-order valence-electron chi connectivity index (χ1n) is 8.94. The number of para-hydroxylation sites is 1. The second-order valence-corrected chi connectivity index (χ2v) is 6.50. The van der Waals surface area contributed by atoms with E-state index in [0.717, 1.165) is 27.7 Å². The molecule has 0 spiro atoms. The smallest absolute Gasteiger partial charge is 0.271 e. The minimum atomic E-state index is -0.446. The van der Waals surface area contributed by atoms with Crippen LogP contribution in [0.15, 0.2) is 71.1 Å². The first-order chi connectivity index (χ1) is 14.2. The maximum Gasteiger partial charge on any atom is 0.271 e. The van der Waals surface area contributed by atoms with E-state index in [1.165, 1.54) is 12.1 Å². The van der Waals surface area contributed by atoms with Crippen molar-refractivity contribution in [2.24, 2.45) is 0 Å². The molecule has 0 atom stereocenters. The third-order valence-electron chi connectivity index (χ3n) is 4.69. The lowest BCUT2D eigenvalue weighted by atomic mass is 10.1. The van der Waals surface area contributed by atoms with E-state index in [0.29, 0.717) is 17.0 Å². The monoisotopic (exact) mass is 382 g/mol. The van der Waals surface area contributed by atoms with E-state index in [1.807, 2.05) is 60.7 Å². The van der Waals surface area contributed by atoms with Crippen LogP contribution in [0.5, 0.6) is 0 Å². The Morgan fingerprint density at radius 3 is 2.72 bits per heavy atom. The fourth-order valence-electron chi connectivity index (χ4n) is 3.26. The van der Waals surface area contributed by atoms with Gasteiger partial charge in [0.1, 0.15) is 5.52 Å². The molecule has 2 aromatic heterocycles. The molecule has 0 radical (unpaired) electrons. The van der Waals surface area contributed by atoms with E-state index in [-0.39, 0.29) is 5.69 Å². The molecule has 1 N–H and O–H groups in total. The van der Waals surface area contributed by atoms with Crippen LogP contribution in [0, 0.1) is 10.1 Å². The second-order valence-electron chi connectivity index (χ2n) is 6.50. The molecular formula is C22H14N4O3. The molecule has 0 aliphatic carbocycles. The highest BCUT2D eigenvalue weighted by Crippen LogP contribution is 2.30. The lowest BCUT2D eigenvalue weighted by Crippen LogP contribution is -1.86. The molecule has 5 aromatic rings. The van der Waals surface area contributed by atoms with Gasteiger partial charge in [0.25, 0.3) is 5.69 Å². The molecule has 0 aliphatic heterocycles. The van der Waals surface area contributed by atoms with Gasteiger partial charge in [0.2, 0.25) is 5.89 Å². The number of H-pyrrole nitrogens is 1. The molecule has 0 bridgehead atoms. The van der Waals surface area contributed by atoms with Crippen LogP contribution in [0.25, 0.3) is 45.6 Å². The molecule has 0 saturated carbocycles. The summed E-state index contributed by atoms with van der Waals surface area (Å²) in [5, 5.41) is 19.4. The quantitative estimate of drug-likeness (QED) is 0.329. The summed E-state index contributed by atoms with van der Waals surface area (Å²) in [4.78, 5) is 15.0. The molecule has 0 amide bonds. The first kappa shape index (κ1) is 16.9. The highest BCUT2D eigenvalue weighted by atomic mass is 16.6. The van der Waals surface area contributed by atoms with Gasteiger partial charge >= 0.3 is 0 Å². The van der Waals surface area contributed by atoms with Crippen LogP contribution >= 0.6 is 0 Å². The summed E-state index contributed by atoms with van der Waals surface area (Å²) in [5.41, 5.74) is 4.44. The van der Waals surface area contributed by atoms with E-state index in [9.17, 15) is 10.1 Å². The van der Waals surface area contributed by atoms with Crippen molar-refractivity contribution in [1.29, 1.82) is 0 Å². The van der Waals surface area contributed by atoms with Crippen LogP contribution in [0.1, 0.15) is 11.3 Å². The van der Waals surface area contributed by atoms with Gasteiger partial charge in [0.15, 0.2) is 5.58 Å². The minimum absolute atomic E-state index is 0.0176. The van der Waals surface area contributed by atoms with Crippen LogP contribution in [0.3, 0.4) is 0 Å². The third kappa shape index (κ3) is 3.04. The van der Waals surface area contributed by atoms with Gasteiger partial charge in [-0.05, 0) is 29.8 Å². The molecule has 0 unspecified atom stereocenters. The van der Waals surface area contributed by atoms with Crippen molar-refractivity contribution in [3.8, 4) is 11.5 Å². The molecule has 29 heavy (non-hydrogen) atoms. The van der Waals surface area contributed by atoms with Crippen LogP contribution in [0.4, 0.5) is 5.69 Å². The number of nitro benzene ring substituents is 1. The Morgan fingerprint density at radius 1 is 1.00 bits per heavy atom. The Morgan fingerprint density at radius 2 is 1.83 bits per heavy atom. The van der Waals surface area contributed by atoms with Crippen LogP contribution in [-0.2, 0) is 0 Å². The number of aromatic nitrogens is 3. The van der Waals surface area contributed by atoms with Crippen molar-refractivity contribution in [3.05, 3.63) is 88.1 Å². The predicted octanol–water partition coefficient (Wildman–Crippen LogP) is 5.45. The molecule has 3 aromatic carbocycles. The number of non-ortho nitro benzene ring substituents is 1. The standard InChI is InChI=1S/C22H14N4O3/c27-26(28)15-10-12-21-20(13-15)23-22(29-21)16-6-2-1-5-14(16)9-11-19-17-7-3-4-8-18(17)24-25-19/h1-13H,(H,24,25)/b11-9+. The molecular weight excluding hydrogens is 368 g/mol. The Kier molecular flexibility index (Phi) is 3.91. The van der Waals surface area contributed by atoms with E-state index < -0.39 is 4.92 Å². The van der Waals surface area contributed by atoms with Gasteiger partial charge in [-0.25, -0.2) is 4.98 Å². The van der Waals surface area contributed by atoms with Crippen molar-refractivity contribution in [1.82, 2.24) is 15.2 Å². The Labute approximate surface area is 164 Å². The summed E-state index contributed by atoms with van der Waals surface area (Å²) >= 11 is 0. The number of fused-ring (bicyclic) bond motifs is 2. The summed E-state index contributed by atoms with van der Waals surface area (Å²) in [5.74, 6) is 0.410. The Bertz CT molecular complexity index is 1400. The average molecular weight is 382 g/mol. The van der Waals surface area contributed by atoms with Crippen LogP contribution in [0.2, 0.25) is 0 Å². The van der Waals surface area contributed by atoms with Crippen molar-refractivity contribution in [2.45, 2.75) is 0 Å². The molecule has 5 rings (SSSR count). The normalized spacial score (nSPS) is 11.6. The van der Waals surface area contributed by atoms with Gasteiger partial charge in [-0.1, -0.05) is 42.5 Å². The van der Waals surface area contributed by atoms with Crippen molar-refractivity contribution >= 4 is 39.8 Å². The van der Waals surface area contributed by atoms with Crippen molar-refractivity contribution in [3.63, 3.8) is 0 Å². The van der Waals surface area contributed by atoms with Gasteiger partial charge in [0, 0.05) is 23.1 Å². The van der Waals surface area contributed by atoms with E-state index in [4.69, 9.17) is 4.42 Å². The van der Waals surface area contributed by atoms with Gasteiger partial charge in [-0.3, -0.25) is 15.2 Å². The SMILES string of the molecule is O=[N+]([O-])c1ccc2oc(-c3ccccc3/C=C/c3n[nH]c4ccccc34)nc2c1. The van der Waals surface area contributed by atoms with Gasteiger partial charge in [-0.15, -0.1) is 0 Å². The molecule has 0 aliphatic rings. The molecule has 0 fully saturated rings. The highest BCUT2D eigenvalue weighted by molar-refractivity contribution is 5.90. The zero-order valence-electron chi connectivity index (χ0n) is 15.1. The number of oxazole rings is 1. The molecule has 140 valence electrons. The van der Waals surface area contributed by atoms with Gasteiger partial charge in [-0.2, -0.15) is 5.10 Å². The molecule has 7 heteroatoms. The number of aromatic amines is 1. The molecule has 2 heterocycles. The number of benzene rings is 3. The van der Waals surface area contributed by atoms with Crippen molar-refractivity contribution in [2.75, 3.05) is 0 Å². The first-order valence-corrected chi connectivity index (χ1v) is 8.94. The maximum atomic E-state index is 11.0. The highest BCUT2D eigenvalue weighted by Gasteiger charge is 2.14. The largest absolute Gasteiger partial charge is 0.436 e. The average Bonchev–Trinajstić information content (AvgIpc) is 3.36. The van der Waals surface area contributed by atoms with Crippen molar-refractivity contribution < 1.29 is 9.34 Å². The second kappa shape index (κ2) is 6.72. The lowest BCUT2D eigenvalue weighted by Gasteiger charge is -2.01. The maximum absolute atomic E-state index is 11.0. The van der Waals surface area contributed by atoms with E-state index >= 15 is 0 Å². The van der Waals surface area contributed by atoms with E-state index in [1.54, 1.807) is 6.07 Å². The fraction of sp³-hybridized carbons (Fsp3) is 0. The number of hydrogen-bond acceptors (Lipinski definition) is 5. The van der Waals surface area contributed by atoms with Gasteiger partial charge < -0.3 is 4.42 Å². The zero-order chi connectivity index (χ0) is 19.8. The van der Waals surface area contributed by atoms with Crippen LogP contribution in [-0.4, -0.2) is 20.1 Å². The number of rotatable bonds is 4. The molecule has 7 nitrogen and oxygen atoms in total. The van der Waals surface area contributed by atoms with E-state index in [2.05, 4.69) is 15.2 Å². The lowest BCUT2D eigenvalue weighted by molar-refractivity contribution is -0.384. The van der Waals surface area contributed by atoms with Crippen LogP contribution < -0.4 is 0 Å². The Hall–Kier alpha value is -4.26. The van der Waals surface area contributed by atoms with Gasteiger partial charge in [0.05, 0.1) is 16.1 Å². The topological polar surface area (TPSA) is 97.9 Å². The summed E-state index contributed by atoms with van der Waals surface area (Å²) in [6.07, 6.45) is 3.89. The summed E-state index contributed by atoms with van der Waals surface area (Å²) < 4.78 is 5.85. The third-order valence-corrected chi connectivity index (χ3v) is 4.69. The summed E-state index contributed by atoms with van der Waals surface area (Å²) in [6, 6.07) is 20.0. The minimum Gasteiger partial charge on any atom is -0.436 e. The summed E-state index contributed by atoms with van der Waals surface area (Å²) in [7, 11) is 0. The zero-order valence-corrected chi connectivity index (χ0v) is 15.1. The fourth-order valence-corrected chi connectivity index (χ4v) is 3.26. The summed E-state index contributed by atoms with van der Waals surface area (Å²) in [6.45, 7) is 0. The number of hydrogen-bond donors (Lipinski definition) is 1. The predicted molar refractivity (Wildman–Crippen MR) is 111 cm³/mol. The molecule has 0 saturated heterocycles.